The van der Waals surface area contributed by atoms with Crippen molar-refractivity contribution in [3.8, 4) is 11.5 Å². The zero-order chi connectivity index (χ0) is 13.6. The first-order chi connectivity index (χ1) is 9.06. The Balaban J connectivity index is 2.20. The summed E-state index contributed by atoms with van der Waals surface area (Å²) in [5.41, 5.74) is 3.26. The van der Waals surface area contributed by atoms with E-state index in [4.69, 9.17) is 4.74 Å². The summed E-state index contributed by atoms with van der Waals surface area (Å²) in [6, 6.07) is 9.36. The number of carbonyl (C=O) groups excluding carboxylic acids is 1. The standard InChI is InChI=1S/C15H12BrNO2/c1-8-3-5-12-10(7-8)15(18)17-14-9(2)11(16)4-6-13(14)19-12/h3-7H,1-2H3,(H,17,18). The van der Waals surface area contributed by atoms with Crippen LogP contribution < -0.4 is 10.1 Å². The van der Waals surface area contributed by atoms with Gasteiger partial charge in [0, 0.05) is 4.47 Å². The highest BCUT2D eigenvalue weighted by atomic mass is 79.9. The average molecular weight is 318 g/mol. The predicted molar refractivity (Wildman–Crippen MR) is 78.1 cm³/mol. The molecule has 1 N–H and O–H groups in total. The first-order valence-electron chi connectivity index (χ1n) is 5.95. The summed E-state index contributed by atoms with van der Waals surface area (Å²) in [5.74, 6) is 1.11. The third-order valence-electron chi connectivity index (χ3n) is 3.20. The lowest BCUT2D eigenvalue weighted by atomic mass is 10.1. The number of rotatable bonds is 0. The van der Waals surface area contributed by atoms with Crippen LogP contribution in [-0.2, 0) is 0 Å². The second-order valence-corrected chi connectivity index (χ2v) is 5.46. The highest BCUT2D eigenvalue weighted by molar-refractivity contribution is 9.10. The van der Waals surface area contributed by atoms with Crippen molar-refractivity contribution in [1.82, 2.24) is 0 Å². The van der Waals surface area contributed by atoms with Crippen LogP contribution in [0.25, 0.3) is 0 Å². The van der Waals surface area contributed by atoms with E-state index in [0.717, 1.165) is 15.6 Å². The van der Waals surface area contributed by atoms with Gasteiger partial charge in [0.25, 0.3) is 5.91 Å². The van der Waals surface area contributed by atoms with Gasteiger partial charge in [-0.1, -0.05) is 27.6 Å². The SMILES string of the molecule is Cc1ccc2c(c1)C(=O)Nc1c(ccc(Br)c1C)O2. The van der Waals surface area contributed by atoms with Crippen molar-refractivity contribution in [2.45, 2.75) is 13.8 Å². The molecule has 0 spiro atoms. The lowest BCUT2D eigenvalue weighted by Crippen LogP contribution is -2.11. The van der Waals surface area contributed by atoms with Gasteiger partial charge in [-0.05, 0) is 43.7 Å². The number of hydrogen-bond acceptors (Lipinski definition) is 2. The van der Waals surface area contributed by atoms with Gasteiger partial charge in [-0.2, -0.15) is 0 Å². The number of ether oxygens (including phenoxy) is 1. The van der Waals surface area contributed by atoms with Gasteiger partial charge in [0.2, 0.25) is 0 Å². The van der Waals surface area contributed by atoms with Crippen LogP contribution in [0.3, 0.4) is 0 Å². The number of hydrogen-bond donors (Lipinski definition) is 1. The first kappa shape index (κ1) is 12.2. The van der Waals surface area contributed by atoms with Crippen LogP contribution in [0.1, 0.15) is 21.5 Å². The summed E-state index contributed by atoms with van der Waals surface area (Å²) in [5, 5.41) is 2.92. The maximum absolute atomic E-state index is 12.3. The lowest BCUT2D eigenvalue weighted by Gasteiger charge is -2.11. The predicted octanol–water partition coefficient (Wildman–Crippen LogP) is 4.42. The Hall–Kier alpha value is -1.81. The largest absolute Gasteiger partial charge is 0.454 e. The summed E-state index contributed by atoms with van der Waals surface area (Å²) >= 11 is 3.46. The Bertz CT molecular complexity index is 695. The molecule has 1 aliphatic rings. The molecule has 4 heteroatoms. The monoisotopic (exact) mass is 317 g/mol. The van der Waals surface area contributed by atoms with Gasteiger partial charge >= 0.3 is 0 Å². The van der Waals surface area contributed by atoms with Gasteiger partial charge in [0.1, 0.15) is 5.75 Å². The molecule has 0 fully saturated rings. The van der Waals surface area contributed by atoms with Gasteiger partial charge in [-0.15, -0.1) is 0 Å². The minimum Gasteiger partial charge on any atom is -0.454 e. The number of aryl methyl sites for hydroxylation is 1. The molecule has 2 aromatic carbocycles. The van der Waals surface area contributed by atoms with Crippen molar-refractivity contribution in [2.75, 3.05) is 5.32 Å². The maximum Gasteiger partial charge on any atom is 0.259 e. The van der Waals surface area contributed by atoms with E-state index in [1.165, 1.54) is 0 Å². The summed E-state index contributed by atoms with van der Waals surface area (Å²) in [6.07, 6.45) is 0. The molecule has 0 atom stereocenters. The number of amides is 1. The molecular formula is C15H12BrNO2. The Morgan fingerprint density at radius 1 is 1.11 bits per heavy atom. The second kappa shape index (κ2) is 4.38. The zero-order valence-corrected chi connectivity index (χ0v) is 12.2. The van der Waals surface area contributed by atoms with E-state index < -0.39 is 0 Å². The number of nitrogens with one attached hydrogen (secondary N) is 1. The van der Waals surface area contributed by atoms with Crippen molar-refractivity contribution >= 4 is 27.5 Å². The van der Waals surface area contributed by atoms with Crippen LogP contribution in [0.5, 0.6) is 11.5 Å². The molecule has 1 heterocycles. The van der Waals surface area contributed by atoms with Crippen LogP contribution in [0.4, 0.5) is 5.69 Å². The minimum absolute atomic E-state index is 0.140. The van der Waals surface area contributed by atoms with Crippen molar-refractivity contribution < 1.29 is 9.53 Å². The van der Waals surface area contributed by atoms with E-state index in [-0.39, 0.29) is 5.91 Å². The summed E-state index contributed by atoms with van der Waals surface area (Å²) < 4.78 is 6.80. The van der Waals surface area contributed by atoms with E-state index in [1.807, 2.05) is 44.2 Å². The molecule has 19 heavy (non-hydrogen) atoms. The second-order valence-electron chi connectivity index (χ2n) is 4.60. The van der Waals surface area contributed by atoms with E-state index in [1.54, 1.807) is 0 Å². The number of fused-ring (bicyclic) bond motifs is 2. The molecule has 0 saturated heterocycles. The maximum atomic E-state index is 12.3. The van der Waals surface area contributed by atoms with Crippen LogP contribution in [0.15, 0.2) is 34.8 Å². The van der Waals surface area contributed by atoms with E-state index >= 15 is 0 Å². The van der Waals surface area contributed by atoms with Crippen LogP contribution in [0, 0.1) is 13.8 Å². The Labute approximate surface area is 119 Å². The first-order valence-corrected chi connectivity index (χ1v) is 6.74. The third-order valence-corrected chi connectivity index (χ3v) is 4.06. The van der Waals surface area contributed by atoms with Gasteiger partial charge in [-0.25, -0.2) is 0 Å². The molecule has 0 bridgehead atoms. The topological polar surface area (TPSA) is 38.3 Å². The van der Waals surface area contributed by atoms with E-state index in [0.29, 0.717) is 22.7 Å². The molecular weight excluding hydrogens is 306 g/mol. The summed E-state index contributed by atoms with van der Waals surface area (Å²) in [4.78, 5) is 12.3. The highest BCUT2D eigenvalue weighted by Gasteiger charge is 2.22. The molecule has 3 nitrogen and oxygen atoms in total. The molecule has 96 valence electrons. The number of halogens is 1. The van der Waals surface area contributed by atoms with Crippen molar-refractivity contribution in [3.63, 3.8) is 0 Å². The van der Waals surface area contributed by atoms with Gasteiger partial charge in [-0.3, -0.25) is 4.79 Å². The van der Waals surface area contributed by atoms with E-state index in [2.05, 4.69) is 21.2 Å². The molecule has 0 aliphatic carbocycles. The molecule has 1 aliphatic heterocycles. The number of carbonyl (C=O) groups is 1. The van der Waals surface area contributed by atoms with Gasteiger partial charge in [0.05, 0.1) is 11.3 Å². The summed E-state index contributed by atoms with van der Waals surface area (Å²) in [7, 11) is 0. The fraction of sp³-hybridized carbons (Fsp3) is 0.133. The third kappa shape index (κ3) is 2.02. The fourth-order valence-electron chi connectivity index (χ4n) is 2.11. The molecule has 0 aromatic heterocycles. The Morgan fingerprint density at radius 3 is 2.63 bits per heavy atom. The molecule has 0 unspecified atom stereocenters. The molecule has 1 amide bonds. The lowest BCUT2D eigenvalue weighted by molar-refractivity contribution is 0.102. The van der Waals surface area contributed by atoms with Gasteiger partial charge < -0.3 is 10.1 Å². The number of anilines is 1. The Kier molecular flexibility index (Phi) is 2.82. The van der Waals surface area contributed by atoms with Crippen molar-refractivity contribution in [3.05, 3.63) is 51.5 Å². The average Bonchev–Trinajstić information content (AvgIpc) is 2.52. The summed E-state index contributed by atoms with van der Waals surface area (Å²) in [6.45, 7) is 3.89. The van der Waals surface area contributed by atoms with Gasteiger partial charge in [0.15, 0.2) is 5.75 Å². The zero-order valence-electron chi connectivity index (χ0n) is 10.6. The van der Waals surface area contributed by atoms with Crippen molar-refractivity contribution in [2.24, 2.45) is 0 Å². The van der Waals surface area contributed by atoms with E-state index in [9.17, 15) is 4.79 Å². The Morgan fingerprint density at radius 2 is 1.84 bits per heavy atom. The molecule has 0 saturated carbocycles. The quantitative estimate of drug-likeness (QED) is 0.780. The fourth-order valence-corrected chi connectivity index (χ4v) is 2.44. The molecule has 3 rings (SSSR count). The van der Waals surface area contributed by atoms with Crippen LogP contribution in [-0.4, -0.2) is 5.91 Å². The highest BCUT2D eigenvalue weighted by Crippen LogP contribution is 2.40. The van der Waals surface area contributed by atoms with Crippen LogP contribution in [0.2, 0.25) is 0 Å². The minimum atomic E-state index is -0.140. The molecule has 2 aromatic rings. The van der Waals surface area contributed by atoms with Crippen molar-refractivity contribution in [1.29, 1.82) is 0 Å². The normalized spacial score (nSPS) is 12.9. The molecule has 0 radical (unpaired) electrons. The van der Waals surface area contributed by atoms with Crippen LogP contribution >= 0.6 is 15.9 Å². The number of benzene rings is 2. The smallest absolute Gasteiger partial charge is 0.259 e.